The van der Waals surface area contributed by atoms with Gasteiger partial charge in [-0.3, -0.25) is 4.79 Å². The van der Waals surface area contributed by atoms with Crippen LogP contribution < -0.4 is 10.1 Å². The Balaban J connectivity index is 1.63. The second-order valence-corrected chi connectivity index (χ2v) is 5.67. The van der Waals surface area contributed by atoms with E-state index in [1.54, 1.807) is 6.20 Å². The molecule has 116 valence electrons. The Kier molecular flexibility index (Phi) is 4.09. The van der Waals surface area contributed by atoms with Crippen molar-refractivity contribution in [2.75, 3.05) is 6.61 Å². The highest BCUT2D eigenvalue weighted by atomic mass is 16.5. The van der Waals surface area contributed by atoms with Crippen LogP contribution in [0.1, 0.15) is 36.2 Å². The predicted octanol–water partition coefficient (Wildman–Crippen LogP) is 1.79. The molecule has 1 aliphatic rings. The van der Waals surface area contributed by atoms with E-state index in [2.05, 4.69) is 21.7 Å². The summed E-state index contributed by atoms with van der Waals surface area (Å²) in [5.74, 6) is 0.887. The number of carbonyl (C=O) groups is 1. The van der Waals surface area contributed by atoms with Crippen molar-refractivity contribution in [2.24, 2.45) is 0 Å². The van der Waals surface area contributed by atoms with E-state index in [0.717, 1.165) is 36.5 Å². The second kappa shape index (κ2) is 6.17. The molecule has 2 heterocycles. The Hall–Kier alpha value is -2.37. The zero-order valence-electron chi connectivity index (χ0n) is 12.9. The normalized spacial score (nSPS) is 14.8. The average Bonchev–Trinajstić information content (AvgIpc) is 2.91. The second-order valence-electron chi connectivity index (χ2n) is 5.67. The first-order valence-corrected chi connectivity index (χ1v) is 7.53. The largest absolute Gasteiger partial charge is 0.493 e. The van der Waals surface area contributed by atoms with Crippen molar-refractivity contribution in [3.8, 4) is 5.75 Å². The zero-order valence-corrected chi connectivity index (χ0v) is 12.9. The summed E-state index contributed by atoms with van der Waals surface area (Å²) in [5, 5.41) is 10.7. The number of rotatable bonds is 4. The maximum absolute atomic E-state index is 12.1. The number of nitrogens with one attached hydrogen (secondary N) is 1. The third-order valence-corrected chi connectivity index (χ3v) is 3.77. The standard InChI is InChI=1S/C16H20N4O2/c1-11-9-20(19-18-11)10-16(21)17-12(2)13-5-6-15-14(8-13)4-3-7-22-15/h5-6,8-9,12H,3-4,7,10H2,1-2H3,(H,17,21). The molecule has 6 nitrogen and oxygen atoms in total. The molecule has 0 fully saturated rings. The molecule has 2 aromatic rings. The number of nitrogens with zero attached hydrogens (tertiary/aromatic N) is 3. The predicted molar refractivity (Wildman–Crippen MR) is 81.6 cm³/mol. The van der Waals surface area contributed by atoms with Crippen LogP contribution in [0.5, 0.6) is 5.75 Å². The van der Waals surface area contributed by atoms with E-state index in [9.17, 15) is 4.79 Å². The van der Waals surface area contributed by atoms with E-state index in [-0.39, 0.29) is 18.5 Å². The highest BCUT2D eigenvalue weighted by Crippen LogP contribution is 2.27. The molecule has 1 aromatic carbocycles. The number of hydrogen-bond donors (Lipinski definition) is 1. The third kappa shape index (κ3) is 3.27. The van der Waals surface area contributed by atoms with Gasteiger partial charge in [0.15, 0.2) is 0 Å². The van der Waals surface area contributed by atoms with Gasteiger partial charge in [0.25, 0.3) is 0 Å². The molecule has 0 aliphatic carbocycles. The molecular weight excluding hydrogens is 280 g/mol. The van der Waals surface area contributed by atoms with Crippen LogP contribution in [0.25, 0.3) is 0 Å². The van der Waals surface area contributed by atoms with Gasteiger partial charge in [0.05, 0.1) is 18.3 Å². The number of aryl methyl sites for hydroxylation is 2. The van der Waals surface area contributed by atoms with Crippen molar-refractivity contribution >= 4 is 5.91 Å². The van der Waals surface area contributed by atoms with E-state index in [1.165, 1.54) is 10.2 Å². The van der Waals surface area contributed by atoms with Gasteiger partial charge in [0.2, 0.25) is 5.91 Å². The van der Waals surface area contributed by atoms with E-state index in [1.807, 2.05) is 26.0 Å². The molecule has 1 aliphatic heterocycles. The number of fused-ring (bicyclic) bond motifs is 1. The maximum Gasteiger partial charge on any atom is 0.242 e. The van der Waals surface area contributed by atoms with Crippen LogP contribution in [0.4, 0.5) is 0 Å². The quantitative estimate of drug-likeness (QED) is 0.934. The summed E-state index contributed by atoms with van der Waals surface area (Å²) in [5.41, 5.74) is 3.11. The minimum absolute atomic E-state index is 0.0515. The lowest BCUT2D eigenvalue weighted by Gasteiger charge is -2.20. The average molecular weight is 300 g/mol. The Morgan fingerprint density at radius 1 is 1.50 bits per heavy atom. The minimum atomic E-state index is -0.0774. The van der Waals surface area contributed by atoms with Crippen LogP contribution in [-0.4, -0.2) is 27.5 Å². The molecule has 1 unspecified atom stereocenters. The first kappa shape index (κ1) is 14.6. The van der Waals surface area contributed by atoms with Gasteiger partial charge in [-0.25, -0.2) is 4.68 Å². The van der Waals surface area contributed by atoms with E-state index in [0.29, 0.717) is 0 Å². The van der Waals surface area contributed by atoms with Gasteiger partial charge in [-0.15, -0.1) is 5.10 Å². The Labute approximate surface area is 129 Å². The maximum atomic E-state index is 12.1. The Morgan fingerprint density at radius 3 is 3.14 bits per heavy atom. The topological polar surface area (TPSA) is 69.0 Å². The molecule has 22 heavy (non-hydrogen) atoms. The SMILES string of the molecule is Cc1cn(CC(=O)NC(C)c2ccc3c(c2)CCCO3)nn1. The highest BCUT2D eigenvalue weighted by molar-refractivity contribution is 5.76. The van der Waals surface area contributed by atoms with Crippen LogP contribution in [0.15, 0.2) is 24.4 Å². The van der Waals surface area contributed by atoms with Gasteiger partial charge < -0.3 is 10.1 Å². The molecule has 1 N–H and O–H groups in total. The molecule has 0 bridgehead atoms. The fourth-order valence-corrected chi connectivity index (χ4v) is 2.64. The monoisotopic (exact) mass is 300 g/mol. The van der Waals surface area contributed by atoms with Gasteiger partial charge in [-0.1, -0.05) is 17.3 Å². The number of hydrogen-bond acceptors (Lipinski definition) is 4. The third-order valence-electron chi connectivity index (χ3n) is 3.77. The lowest BCUT2D eigenvalue weighted by molar-refractivity contribution is -0.122. The van der Waals surface area contributed by atoms with E-state index in [4.69, 9.17) is 4.74 Å². The Morgan fingerprint density at radius 2 is 2.36 bits per heavy atom. The van der Waals surface area contributed by atoms with Gasteiger partial charge in [-0.2, -0.15) is 0 Å². The summed E-state index contributed by atoms with van der Waals surface area (Å²) in [6, 6.07) is 6.07. The van der Waals surface area contributed by atoms with Crippen molar-refractivity contribution in [1.82, 2.24) is 20.3 Å². The number of amides is 1. The number of aromatic nitrogens is 3. The number of carbonyl (C=O) groups excluding carboxylic acids is 1. The molecule has 1 amide bonds. The summed E-state index contributed by atoms with van der Waals surface area (Å²) >= 11 is 0. The summed E-state index contributed by atoms with van der Waals surface area (Å²) in [7, 11) is 0. The molecule has 0 saturated carbocycles. The molecular formula is C16H20N4O2. The zero-order chi connectivity index (χ0) is 15.5. The van der Waals surface area contributed by atoms with Crippen molar-refractivity contribution in [3.05, 3.63) is 41.2 Å². The fraction of sp³-hybridized carbons (Fsp3) is 0.438. The molecule has 0 radical (unpaired) electrons. The fourth-order valence-electron chi connectivity index (χ4n) is 2.64. The number of benzene rings is 1. The highest BCUT2D eigenvalue weighted by Gasteiger charge is 2.15. The summed E-state index contributed by atoms with van der Waals surface area (Å²) in [4.78, 5) is 12.1. The van der Waals surface area contributed by atoms with Crippen LogP contribution in [-0.2, 0) is 17.8 Å². The molecule has 0 saturated heterocycles. The van der Waals surface area contributed by atoms with Crippen molar-refractivity contribution < 1.29 is 9.53 Å². The summed E-state index contributed by atoms with van der Waals surface area (Å²) in [6.45, 7) is 4.80. The molecule has 0 spiro atoms. The molecule has 1 atom stereocenters. The minimum Gasteiger partial charge on any atom is -0.493 e. The Bertz CT molecular complexity index is 681. The van der Waals surface area contributed by atoms with Gasteiger partial charge >= 0.3 is 0 Å². The molecule has 3 rings (SSSR count). The van der Waals surface area contributed by atoms with Gasteiger partial charge in [-0.05, 0) is 43.9 Å². The van der Waals surface area contributed by atoms with E-state index >= 15 is 0 Å². The smallest absolute Gasteiger partial charge is 0.242 e. The first-order chi connectivity index (χ1) is 10.6. The van der Waals surface area contributed by atoms with Gasteiger partial charge in [0, 0.05) is 6.20 Å². The number of ether oxygens (including phenoxy) is 1. The van der Waals surface area contributed by atoms with Crippen molar-refractivity contribution in [2.45, 2.75) is 39.3 Å². The van der Waals surface area contributed by atoms with Crippen LogP contribution >= 0.6 is 0 Å². The lowest BCUT2D eigenvalue weighted by Crippen LogP contribution is -2.30. The summed E-state index contributed by atoms with van der Waals surface area (Å²) < 4.78 is 7.15. The van der Waals surface area contributed by atoms with Crippen molar-refractivity contribution in [3.63, 3.8) is 0 Å². The van der Waals surface area contributed by atoms with Crippen molar-refractivity contribution in [1.29, 1.82) is 0 Å². The first-order valence-electron chi connectivity index (χ1n) is 7.53. The van der Waals surface area contributed by atoms with Crippen LogP contribution in [0.2, 0.25) is 0 Å². The molecule has 1 aromatic heterocycles. The van der Waals surface area contributed by atoms with Crippen LogP contribution in [0, 0.1) is 6.92 Å². The summed E-state index contributed by atoms with van der Waals surface area (Å²) in [6.07, 6.45) is 3.82. The van der Waals surface area contributed by atoms with Gasteiger partial charge in [0.1, 0.15) is 12.3 Å². The van der Waals surface area contributed by atoms with Crippen LogP contribution in [0.3, 0.4) is 0 Å². The molecule has 6 heteroatoms. The lowest BCUT2D eigenvalue weighted by atomic mass is 10.00. The van der Waals surface area contributed by atoms with E-state index < -0.39 is 0 Å².